The molecule has 0 saturated heterocycles. The molecule has 0 unspecified atom stereocenters. The molecule has 136 valence electrons. The van der Waals surface area contributed by atoms with Crippen molar-refractivity contribution in [2.75, 3.05) is 19.1 Å². The fourth-order valence-corrected chi connectivity index (χ4v) is 3.57. The minimum absolute atomic E-state index is 0.118. The molecule has 3 aromatic heterocycles. The topological polar surface area (TPSA) is 68.3 Å². The molecule has 3 heterocycles. The van der Waals surface area contributed by atoms with Crippen LogP contribution in [-0.4, -0.2) is 38.4 Å². The number of allylic oxidation sites excluding steroid dienone is 1. The van der Waals surface area contributed by atoms with Gasteiger partial charge in [0.2, 0.25) is 4.73 Å². The molecule has 0 bridgehead atoms. The Balaban J connectivity index is 1.91. The van der Waals surface area contributed by atoms with Crippen molar-refractivity contribution in [2.24, 2.45) is 0 Å². The molecule has 0 fully saturated rings. The number of aromatic nitrogens is 5. The molecule has 1 aromatic carbocycles. The van der Waals surface area contributed by atoms with Gasteiger partial charge in [-0.1, -0.05) is 30.4 Å². The van der Waals surface area contributed by atoms with Crippen molar-refractivity contribution in [3.05, 3.63) is 75.0 Å². The van der Waals surface area contributed by atoms with Crippen LogP contribution in [0.5, 0.6) is 0 Å². The number of hydrogen-bond acceptors (Lipinski definition) is 5. The summed E-state index contributed by atoms with van der Waals surface area (Å²) in [4.78, 5) is 17.3. The summed E-state index contributed by atoms with van der Waals surface area (Å²) in [5, 5.41) is 10.6. The summed E-state index contributed by atoms with van der Waals surface area (Å²) in [5.41, 5.74) is 2.62. The lowest BCUT2D eigenvalue weighted by molar-refractivity contribution is 0.708. The molecule has 0 spiro atoms. The van der Waals surface area contributed by atoms with Crippen LogP contribution in [-0.2, 0) is 6.42 Å². The van der Waals surface area contributed by atoms with Gasteiger partial charge in [-0.2, -0.15) is 4.68 Å². The van der Waals surface area contributed by atoms with Crippen molar-refractivity contribution < 1.29 is 0 Å². The van der Waals surface area contributed by atoms with Gasteiger partial charge in [0.15, 0.2) is 0 Å². The van der Waals surface area contributed by atoms with Gasteiger partial charge in [-0.25, -0.2) is 0 Å². The van der Waals surface area contributed by atoms with E-state index in [-0.39, 0.29) is 5.56 Å². The molecule has 0 N–H and O–H groups in total. The smallest absolute Gasteiger partial charge is 0.281 e. The normalized spacial score (nSPS) is 11.7. The molecule has 8 heteroatoms. The SMILES string of the molecule is CN(C)n1c(=O)c2c(C/C=C/c3cccnc3)cccc2n2c(Br)nnc12. The van der Waals surface area contributed by atoms with Gasteiger partial charge in [-0.05, 0) is 45.6 Å². The molecule has 0 aliphatic heterocycles. The number of benzene rings is 1. The molecule has 7 nitrogen and oxygen atoms in total. The summed E-state index contributed by atoms with van der Waals surface area (Å²) < 4.78 is 3.92. The Labute approximate surface area is 163 Å². The van der Waals surface area contributed by atoms with E-state index in [0.29, 0.717) is 22.3 Å². The van der Waals surface area contributed by atoms with E-state index in [9.17, 15) is 4.79 Å². The molecule has 4 aromatic rings. The Morgan fingerprint density at radius 1 is 1.19 bits per heavy atom. The molecule has 0 saturated carbocycles. The van der Waals surface area contributed by atoms with E-state index < -0.39 is 0 Å². The Hall–Kier alpha value is -3.00. The maximum atomic E-state index is 13.2. The molecule has 0 aliphatic rings. The monoisotopic (exact) mass is 424 g/mol. The number of nitrogens with zero attached hydrogens (tertiary/aromatic N) is 6. The third kappa shape index (κ3) is 3.02. The van der Waals surface area contributed by atoms with E-state index >= 15 is 0 Å². The number of rotatable bonds is 4. The van der Waals surface area contributed by atoms with Crippen LogP contribution in [0.15, 0.2) is 58.3 Å². The Kier molecular flexibility index (Phi) is 4.49. The van der Waals surface area contributed by atoms with E-state index in [1.807, 2.05) is 46.9 Å². The van der Waals surface area contributed by atoms with Gasteiger partial charge in [-0.15, -0.1) is 10.2 Å². The molecule has 0 amide bonds. The van der Waals surface area contributed by atoms with Crippen molar-refractivity contribution in [1.29, 1.82) is 0 Å². The zero-order chi connectivity index (χ0) is 19.0. The van der Waals surface area contributed by atoms with Crippen LogP contribution in [0.3, 0.4) is 0 Å². The van der Waals surface area contributed by atoms with Crippen LogP contribution in [0, 0.1) is 0 Å². The van der Waals surface area contributed by atoms with Crippen LogP contribution < -0.4 is 10.6 Å². The second-order valence-corrected chi connectivity index (χ2v) is 6.98. The predicted octanol–water partition coefficient (Wildman–Crippen LogP) is 2.66. The van der Waals surface area contributed by atoms with Gasteiger partial charge in [0.1, 0.15) is 0 Å². The summed E-state index contributed by atoms with van der Waals surface area (Å²) in [6.07, 6.45) is 8.21. The number of pyridine rings is 1. The van der Waals surface area contributed by atoms with Crippen LogP contribution >= 0.6 is 15.9 Å². The Morgan fingerprint density at radius 3 is 2.78 bits per heavy atom. The highest BCUT2D eigenvalue weighted by Crippen LogP contribution is 2.21. The van der Waals surface area contributed by atoms with Crippen molar-refractivity contribution in [1.82, 2.24) is 24.3 Å². The number of fused-ring (bicyclic) bond motifs is 3. The lowest BCUT2D eigenvalue weighted by atomic mass is 10.1. The summed E-state index contributed by atoms with van der Waals surface area (Å²) in [6.45, 7) is 0. The summed E-state index contributed by atoms with van der Waals surface area (Å²) >= 11 is 3.44. The van der Waals surface area contributed by atoms with Crippen molar-refractivity contribution in [3.8, 4) is 0 Å². The molecule has 4 rings (SSSR count). The van der Waals surface area contributed by atoms with Gasteiger partial charge in [0.25, 0.3) is 11.3 Å². The third-order valence-corrected chi connectivity index (χ3v) is 4.82. The van der Waals surface area contributed by atoms with Gasteiger partial charge >= 0.3 is 0 Å². The van der Waals surface area contributed by atoms with Crippen LogP contribution in [0.25, 0.3) is 22.8 Å². The van der Waals surface area contributed by atoms with Gasteiger partial charge in [0.05, 0.1) is 10.9 Å². The van der Waals surface area contributed by atoms with Gasteiger partial charge in [-0.3, -0.25) is 14.2 Å². The van der Waals surface area contributed by atoms with Gasteiger partial charge in [0, 0.05) is 26.5 Å². The van der Waals surface area contributed by atoms with Crippen molar-refractivity contribution in [3.63, 3.8) is 0 Å². The first-order chi connectivity index (χ1) is 13.1. The molecule has 27 heavy (non-hydrogen) atoms. The highest BCUT2D eigenvalue weighted by Gasteiger charge is 2.18. The summed E-state index contributed by atoms with van der Waals surface area (Å²) in [5.74, 6) is 0.465. The molecule has 0 aliphatic carbocycles. The van der Waals surface area contributed by atoms with Crippen molar-refractivity contribution >= 4 is 38.7 Å². The maximum absolute atomic E-state index is 13.2. The standard InChI is InChI=1S/C19H17BrN6O/c1-24(2)26-17(27)16-14(8-3-6-13-7-5-11-21-12-13)9-4-10-15(16)25-18(20)22-23-19(25)26/h3-7,9-12H,8H2,1-2H3/b6-3+. The van der Waals surface area contributed by atoms with E-state index in [4.69, 9.17) is 0 Å². The first kappa shape index (κ1) is 17.4. The lowest BCUT2D eigenvalue weighted by Gasteiger charge is -2.18. The van der Waals surface area contributed by atoms with Crippen LogP contribution in [0.4, 0.5) is 0 Å². The Morgan fingerprint density at radius 2 is 2.04 bits per heavy atom. The molecular formula is C19H17BrN6O. The van der Waals surface area contributed by atoms with Crippen LogP contribution in [0.1, 0.15) is 11.1 Å². The molecule has 0 atom stereocenters. The minimum Gasteiger partial charge on any atom is -0.313 e. The van der Waals surface area contributed by atoms with Crippen molar-refractivity contribution in [2.45, 2.75) is 6.42 Å². The fraction of sp³-hybridized carbons (Fsp3) is 0.158. The second-order valence-electron chi connectivity index (χ2n) is 6.27. The highest BCUT2D eigenvalue weighted by atomic mass is 79.9. The molecule has 0 radical (unpaired) electrons. The lowest BCUT2D eigenvalue weighted by Crippen LogP contribution is -2.37. The minimum atomic E-state index is -0.118. The third-order valence-electron chi connectivity index (χ3n) is 4.30. The van der Waals surface area contributed by atoms with Gasteiger partial charge < -0.3 is 5.01 Å². The highest BCUT2D eigenvalue weighted by molar-refractivity contribution is 9.10. The van der Waals surface area contributed by atoms with Crippen LogP contribution in [0.2, 0.25) is 0 Å². The predicted molar refractivity (Wildman–Crippen MR) is 109 cm³/mol. The number of hydrogen-bond donors (Lipinski definition) is 0. The number of halogens is 1. The summed E-state index contributed by atoms with van der Waals surface area (Å²) in [6, 6.07) is 9.71. The summed E-state index contributed by atoms with van der Waals surface area (Å²) in [7, 11) is 3.61. The Bertz CT molecular complexity index is 1210. The zero-order valence-corrected chi connectivity index (χ0v) is 16.5. The average Bonchev–Trinajstić information content (AvgIpc) is 3.04. The maximum Gasteiger partial charge on any atom is 0.281 e. The first-order valence-electron chi connectivity index (χ1n) is 8.39. The molecular weight excluding hydrogens is 408 g/mol. The first-order valence-corrected chi connectivity index (χ1v) is 9.18. The van der Waals surface area contributed by atoms with E-state index in [1.165, 1.54) is 4.68 Å². The second kappa shape index (κ2) is 6.96. The van der Waals surface area contributed by atoms with E-state index in [0.717, 1.165) is 16.6 Å². The fourth-order valence-electron chi connectivity index (χ4n) is 3.15. The largest absolute Gasteiger partial charge is 0.313 e. The van der Waals surface area contributed by atoms with E-state index in [1.54, 1.807) is 31.5 Å². The van der Waals surface area contributed by atoms with E-state index in [2.05, 4.69) is 31.1 Å². The zero-order valence-electron chi connectivity index (χ0n) is 14.9. The quantitative estimate of drug-likeness (QED) is 0.503. The average molecular weight is 425 g/mol.